The Morgan fingerprint density at radius 3 is 1.38 bits per heavy atom. The number of hydrogen-bond acceptors (Lipinski definition) is 3. The van der Waals surface area contributed by atoms with Crippen LogP contribution >= 0.6 is 0 Å². The summed E-state index contributed by atoms with van der Waals surface area (Å²) in [7, 11) is 1.06. The van der Waals surface area contributed by atoms with Crippen molar-refractivity contribution in [3.05, 3.63) is 0 Å². The Morgan fingerprint density at radius 2 is 1.23 bits per heavy atom. The summed E-state index contributed by atoms with van der Waals surface area (Å²) >= 11 is 0. The summed E-state index contributed by atoms with van der Waals surface area (Å²) in [5.41, 5.74) is -0.568. The van der Waals surface area contributed by atoms with Crippen molar-refractivity contribution in [3.63, 3.8) is 0 Å². The van der Waals surface area contributed by atoms with E-state index in [-0.39, 0.29) is 11.2 Å². The minimum Gasteiger partial charge on any atom is -0.389 e. The molecule has 1 fully saturated rings. The van der Waals surface area contributed by atoms with E-state index in [1.54, 1.807) is 7.11 Å². The van der Waals surface area contributed by atoms with Gasteiger partial charge in [0, 0.05) is 7.11 Å². The van der Waals surface area contributed by atoms with Gasteiger partial charge in [0.25, 0.3) is 0 Å². The Morgan fingerprint density at radius 1 is 0.923 bits per heavy atom. The normalized spacial score (nSPS) is 23.8. The van der Waals surface area contributed by atoms with Crippen LogP contribution in [-0.4, -0.2) is 25.6 Å². The highest BCUT2D eigenvalue weighted by atomic mass is 16.8. The molecule has 1 aliphatic heterocycles. The fraction of sp³-hybridized carbons (Fsp3) is 1.00. The molecular weight excluding hydrogens is 167 g/mol. The molecule has 0 aromatic rings. The summed E-state index contributed by atoms with van der Waals surface area (Å²) in [6.07, 6.45) is 0. The van der Waals surface area contributed by atoms with Crippen molar-refractivity contribution >= 4 is 7.32 Å². The van der Waals surface area contributed by atoms with Crippen molar-refractivity contribution in [1.82, 2.24) is 0 Å². The van der Waals surface area contributed by atoms with Crippen LogP contribution in [-0.2, 0) is 14.0 Å². The van der Waals surface area contributed by atoms with Crippen molar-refractivity contribution in [3.8, 4) is 0 Å². The monoisotopic (exact) mass is 188 g/mol. The molecule has 78 valence electrons. The van der Waals surface area contributed by atoms with Gasteiger partial charge >= 0.3 is 7.32 Å². The number of hydrogen-bond donors (Lipinski definition) is 0. The maximum absolute atomic E-state index is 5.47. The van der Waals surface area contributed by atoms with E-state index in [0.29, 0.717) is 0 Å². The maximum atomic E-state index is 5.47. The van der Waals surface area contributed by atoms with Crippen LogP contribution in [0.1, 0.15) is 41.5 Å². The average Bonchev–Trinajstić information content (AvgIpc) is 2.25. The molecule has 0 amide bonds. The second-order valence-electron chi connectivity index (χ2n) is 3.78. The van der Waals surface area contributed by atoms with Crippen molar-refractivity contribution in [2.45, 2.75) is 52.7 Å². The standard InChI is InChI=1S/C7H15BO3.C2H6/c1-6(2)7(3,4)11-8(9-5)10-6;1-2/h1-5H3;1-2H3. The lowest BCUT2D eigenvalue weighted by Gasteiger charge is -2.31. The van der Waals surface area contributed by atoms with Crippen LogP contribution in [0, 0.1) is 0 Å². The maximum Gasteiger partial charge on any atom is 0.640 e. The zero-order valence-corrected chi connectivity index (χ0v) is 9.80. The molecule has 1 rings (SSSR count). The second kappa shape index (κ2) is 4.44. The van der Waals surface area contributed by atoms with Gasteiger partial charge in [-0.15, -0.1) is 0 Å². The largest absolute Gasteiger partial charge is 0.640 e. The quantitative estimate of drug-likeness (QED) is 0.590. The zero-order valence-electron chi connectivity index (χ0n) is 9.80. The molecule has 0 aliphatic carbocycles. The summed E-state index contributed by atoms with van der Waals surface area (Å²) in [6, 6.07) is 0. The first-order valence-electron chi connectivity index (χ1n) is 4.77. The Hall–Kier alpha value is -0.0551. The van der Waals surface area contributed by atoms with Crippen LogP contribution in [0.15, 0.2) is 0 Å². The Labute approximate surface area is 81.9 Å². The van der Waals surface area contributed by atoms with E-state index in [0.717, 1.165) is 0 Å². The Bertz CT molecular complexity index is 141. The van der Waals surface area contributed by atoms with Gasteiger partial charge in [0.05, 0.1) is 11.2 Å². The zero-order chi connectivity index (χ0) is 10.7. The molecule has 0 aromatic carbocycles. The van der Waals surface area contributed by atoms with Gasteiger partial charge in [-0.1, -0.05) is 13.8 Å². The van der Waals surface area contributed by atoms with Crippen molar-refractivity contribution in [1.29, 1.82) is 0 Å². The first kappa shape index (κ1) is 12.9. The molecule has 13 heavy (non-hydrogen) atoms. The van der Waals surface area contributed by atoms with E-state index < -0.39 is 7.32 Å². The molecule has 0 saturated carbocycles. The molecular formula is C9H21BO3. The minimum atomic E-state index is -0.514. The van der Waals surface area contributed by atoms with Crippen molar-refractivity contribution in [2.75, 3.05) is 7.11 Å². The highest BCUT2D eigenvalue weighted by molar-refractivity contribution is 6.37. The smallest absolute Gasteiger partial charge is 0.389 e. The lowest BCUT2D eigenvalue weighted by molar-refractivity contribution is 0.00578. The molecule has 0 spiro atoms. The van der Waals surface area contributed by atoms with Crippen molar-refractivity contribution < 1.29 is 14.0 Å². The fourth-order valence-electron chi connectivity index (χ4n) is 0.885. The molecule has 1 aliphatic rings. The van der Waals surface area contributed by atoms with Gasteiger partial charge in [-0.05, 0) is 27.7 Å². The van der Waals surface area contributed by atoms with E-state index >= 15 is 0 Å². The van der Waals surface area contributed by atoms with Crippen LogP contribution in [0.3, 0.4) is 0 Å². The topological polar surface area (TPSA) is 27.7 Å². The molecule has 1 heterocycles. The van der Waals surface area contributed by atoms with E-state index in [4.69, 9.17) is 14.0 Å². The van der Waals surface area contributed by atoms with E-state index in [1.807, 2.05) is 41.5 Å². The van der Waals surface area contributed by atoms with Gasteiger partial charge in [0.15, 0.2) is 0 Å². The summed E-state index contributed by atoms with van der Waals surface area (Å²) in [5, 5.41) is 0. The predicted octanol–water partition coefficient (Wildman–Crippen LogP) is 2.25. The lowest BCUT2D eigenvalue weighted by Crippen LogP contribution is -2.41. The molecule has 3 nitrogen and oxygen atoms in total. The molecule has 0 unspecified atom stereocenters. The van der Waals surface area contributed by atoms with Crippen LogP contribution in [0.2, 0.25) is 0 Å². The van der Waals surface area contributed by atoms with Gasteiger partial charge in [-0.3, -0.25) is 0 Å². The van der Waals surface area contributed by atoms with Gasteiger partial charge in [0.2, 0.25) is 0 Å². The predicted molar refractivity (Wildman–Crippen MR) is 54.4 cm³/mol. The third-order valence-electron chi connectivity index (χ3n) is 2.42. The highest BCUT2D eigenvalue weighted by Crippen LogP contribution is 2.36. The minimum absolute atomic E-state index is 0.284. The van der Waals surface area contributed by atoms with Gasteiger partial charge < -0.3 is 14.0 Å². The first-order chi connectivity index (χ1) is 5.89. The van der Waals surface area contributed by atoms with Crippen LogP contribution in [0.25, 0.3) is 0 Å². The second-order valence-corrected chi connectivity index (χ2v) is 3.78. The number of rotatable bonds is 1. The van der Waals surface area contributed by atoms with E-state index in [1.165, 1.54) is 0 Å². The molecule has 0 N–H and O–H groups in total. The fourth-order valence-corrected chi connectivity index (χ4v) is 0.885. The van der Waals surface area contributed by atoms with Gasteiger partial charge in [0.1, 0.15) is 0 Å². The SMILES string of the molecule is CC.COB1OC(C)(C)C(C)(C)O1. The van der Waals surface area contributed by atoms with Gasteiger partial charge in [-0.25, -0.2) is 0 Å². The van der Waals surface area contributed by atoms with Gasteiger partial charge in [-0.2, -0.15) is 0 Å². The molecule has 0 aromatic heterocycles. The van der Waals surface area contributed by atoms with Crippen LogP contribution in [0.5, 0.6) is 0 Å². The lowest BCUT2D eigenvalue weighted by atomic mass is 9.90. The highest BCUT2D eigenvalue weighted by Gasteiger charge is 2.52. The summed E-state index contributed by atoms with van der Waals surface area (Å²) in [6.45, 7) is 12.0. The summed E-state index contributed by atoms with van der Waals surface area (Å²) in [5.74, 6) is 0. The Balaban J connectivity index is 0.000000671. The summed E-state index contributed by atoms with van der Waals surface area (Å²) in [4.78, 5) is 0. The molecule has 0 atom stereocenters. The van der Waals surface area contributed by atoms with Crippen molar-refractivity contribution in [2.24, 2.45) is 0 Å². The Kier molecular flexibility index (Phi) is 4.42. The van der Waals surface area contributed by atoms with E-state index in [2.05, 4.69) is 0 Å². The molecule has 1 saturated heterocycles. The third-order valence-corrected chi connectivity index (χ3v) is 2.42. The first-order valence-corrected chi connectivity index (χ1v) is 4.77. The third kappa shape index (κ3) is 2.69. The molecule has 0 bridgehead atoms. The van der Waals surface area contributed by atoms with Crippen LogP contribution in [0.4, 0.5) is 0 Å². The summed E-state index contributed by atoms with van der Waals surface area (Å²) < 4.78 is 15.9. The molecule has 4 heteroatoms. The average molecular weight is 188 g/mol. The van der Waals surface area contributed by atoms with E-state index in [9.17, 15) is 0 Å². The molecule has 0 radical (unpaired) electrons. The van der Waals surface area contributed by atoms with Crippen LogP contribution < -0.4 is 0 Å².